The van der Waals surface area contributed by atoms with Gasteiger partial charge in [-0.3, -0.25) is 14.4 Å². The molecular formula is C33H45N5O6S. The molecule has 2 aliphatic heterocycles. The third-order valence-corrected chi connectivity index (χ3v) is 10.8. The van der Waals surface area contributed by atoms with Crippen molar-refractivity contribution in [1.29, 1.82) is 0 Å². The molecule has 4 N–H and O–H groups in total. The van der Waals surface area contributed by atoms with Crippen LogP contribution in [0, 0.1) is 23.7 Å². The average Bonchev–Trinajstić information content (AvgIpc) is 3.58. The summed E-state index contributed by atoms with van der Waals surface area (Å²) in [5.41, 5.74) is 4.10. The second-order valence-corrected chi connectivity index (χ2v) is 15.1. The molecule has 0 bridgehead atoms. The van der Waals surface area contributed by atoms with Crippen molar-refractivity contribution in [1.82, 2.24) is 25.4 Å². The summed E-state index contributed by atoms with van der Waals surface area (Å²) in [6, 6.07) is 5.89. The maximum absolute atomic E-state index is 14.0. The number of aliphatic hydroxyl groups is 1. The van der Waals surface area contributed by atoms with Crippen LogP contribution in [0.2, 0.25) is 0 Å². The Kier molecular flexibility index (Phi) is 9.28. The van der Waals surface area contributed by atoms with Crippen LogP contribution >= 0.6 is 11.3 Å². The highest BCUT2D eigenvalue weighted by Crippen LogP contribution is 2.52. The molecule has 3 aliphatic rings. The molecule has 4 amide bonds. The second kappa shape index (κ2) is 12.7. The zero-order chi connectivity index (χ0) is 32.7. The van der Waals surface area contributed by atoms with Crippen LogP contribution in [0.5, 0.6) is 0 Å². The van der Waals surface area contributed by atoms with E-state index in [1.165, 1.54) is 9.80 Å². The van der Waals surface area contributed by atoms with Gasteiger partial charge in [-0.25, -0.2) is 9.78 Å². The zero-order valence-corrected chi connectivity index (χ0v) is 27.5. The first-order chi connectivity index (χ1) is 21.2. The number of piperidine rings is 1. The van der Waals surface area contributed by atoms with Gasteiger partial charge in [-0.2, -0.15) is 0 Å². The molecule has 1 spiro atoms. The lowest BCUT2D eigenvalue weighted by molar-refractivity contribution is -0.146. The minimum atomic E-state index is -0.907. The van der Waals surface area contributed by atoms with Crippen LogP contribution < -0.4 is 10.6 Å². The number of β-amino-alcohol motifs (C(OH)–C–C–N with tert-alkyl or cyclic N) is 1. The van der Waals surface area contributed by atoms with Crippen LogP contribution in [-0.2, 0) is 14.4 Å². The molecule has 244 valence electrons. The normalized spacial score (nSPS) is 22.9. The number of carbonyl (C=O) groups is 4. The minimum Gasteiger partial charge on any atom is -0.465 e. The number of carbonyl (C=O) groups excluding carboxylic acids is 3. The Bertz CT molecular complexity index is 1420. The highest BCUT2D eigenvalue weighted by Gasteiger charge is 2.51. The summed E-state index contributed by atoms with van der Waals surface area (Å²) < 4.78 is 0. The molecule has 4 atom stereocenters. The second-order valence-electron chi connectivity index (χ2n) is 14.2. The van der Waals surface area contributed by atoms with Crippen molar-refractivity contribution in [3.8, 4) is 10.4 Å². The summed E-state index contributed by atoms with van der Waals surface area (Å²) in [5, 5.41) is 25.8. The lowest BCUT2D eigenvalue weighted by Crippen LogP contribution is -2.60. The number of hydrogen-bond donors (Lipinski definition) is 4. The van der Waals surface area contributed by atoms with Crippen molar-refractivity contribution in [3.63, 3.8) is 0 Å². The highest BCUT2D eigenvalue weighted by atomic mass is 32.1. The van der Waals surface area contributed by atoms with Crippen LogP contribution in [0.3, 0.4) is 0 Å². The van der Waals surface area contributed by atoms with Gasteiger partial charge in [0.15, 0.2) is 0 Å². The summed E-state index contributed by atoms with van der Waals surface area (Å²) in [5.74, 6) is -1.16. The summed E-state index contributed by atoms with van der Waals surface area (Å²) in [6.07, 6.45) is 1.19. The number of aryl methyl sites for hydroxylation is 1. The average molecular weight is 640 g/mol. The molecule has 11 nitrogen and oxygen atoms in total. The molecule has 1 aromatic heterocycles. The van der Waals surface area contributed by atoms with Crippen LogP contribution in [-0.4, -0.2) is 86.6 Å². The van der Waals surface area contributed by atoms with Gasteiger partial charge in [-0.1, -0.05) is 45.0 Å². The van der Waals surface area contributed by atoms with Gasteiger partial charge in [0.25, 0.3) is 0 Å². The van der Waals surface area contributed by atoms with Crippen LogP contribution in [0.1, 0.15) is 77.1 Å². The van der Waals surface area contributed by atoms with E-state index >= 15 is 0 Å². The lowest BCUT2D eigenvalue weighted by atomic mass is 9.57. The summed E-state index contributed by atoms with van der Waals surface area (Å²) in [4.78, 5) is 60.4. The Hall–Kier alpha value is -3.51. The van der Waals surface area contributed by atoms with Crippen LogP contribution in [0.15, 0.2) is 29.8 Å². The van der Waals surface area contributed by atoms with Crippen LogP contribution in [0.4, 0.5) is 4.79 Å². The van der Waals surface area contributed by atoms with E-state index in [9.17, 15) is 29.4 Å². The number of benzene rings is 1. The number of hydrogen-bond acceptors (Lipinski definition) is 7. The number of amides is 4. The third kappa shape index (κ3) is 7.01. The SMILES string of the molecule is Cc1ncsc1-c1ccc([C@H](C)NC(=O)[C@@H]2C[C@@H](O)CN2C(=O)[C@@H](NC(=O)C2CC3(CCN(C(=O)O)CC3)C2)C(C)(C)C)cc1. The molecule has 12 heteroatoms. The largest absolute Gasteiger partial charge is 0.465 e. The van der Waals surface area contributed by atoms with Gasteiger partial charge < -0.3 is 30.6 Å². The van der Waals surface area contributed by atoms with Gasteiger partial charge in [-0.15, -0.1) is 11.3 Å². The van der Waals surface area contributed by atoms with Gasteiger partial charge >= 0.3 is 6.09 Å². The molecule has 0 unspecified atom stereocenters. The third-order valence-electron chi connectivity index (χ3n) is 9.87. The minimum absolute atomic E-state index is 0.0171. The van der Waals surface area contributed by atoms with E-state index < -0.39 is 29.7 Å². The molecule has 1 aromatic carbocycles. The molecule has 1 saturated carbocycles. The van der Waals surface area contributed by atoms with E-state index in [1.54, 1.807) is 11.3 Å². The molecule has 3 fully saturated rings. The predicted molar refractivity (Wildman–Crippen MR) is 170 cm³/mol. The van der Waals surface area contributed by atoms with E-state index in [0.717, 1.165) is 34.5 Å². The van der Waals surface area contributed by atoms with Crippen molar-refractivity contribution < 1.29 is 29.4 Å². The predicted octanol–water partition coefficient (Wildman–Crippen LogP) is 3.96. The van der Waals surface area contributed by atoms with E-state index in [2.05, 4.69) is 15.6 Å². The van der Waals surface area contributed by atoms with Crippen LogP contribution in [0.25, 0.3) is 10.4 Å². The first-order valence-corrected chi connectivity index (χ1v) is 16.6. The van der Waals surface area contributed by atoms with Crippen molar-refractivity contribution in [2.24, 2.45) is 16.7 Å². The molecule has 3 heterocycles. The van der Waals surface area contributed by atoms with E-state index in [-0.39, 0.29) is 48.1 Å². The van der Waals surface area contributed by atoms with Crippen molar-refractivity contribution in [2.75, 3.05) is 19.6 Å². The molecule has 5 rings (SSSR count). The highest BCUT2D eigenvalue weighted by molar-refractivity contribution is 7.13. The van der Waals surface area contributed by atoms with Gasteiger partial charge in [0, 0.05) is 32.0 Å². The summed E-state index contributed by atoms with van der Waals surface area (Å²) >= 11 is 1.58. The van der Waals surface area contributed by atoms with Gasteiger partial charge in [0.1, 0.15) is 12.1 Å². The quantitative estimate of drug-likeness (QED) is 0.358. The fraction of sp³-hybridized carbons (Fsp3) is 0.606. The molecule has 0 radical (unpaired) electrons. The van der Waals surface area contributed by atoms with Crippen molar-refractivity contribution in [2.45, 2.75) is 91.0 Å². The van der Waals surface area contributed by atoms with Gasteiger partial charge in [0.2, 0.25) is 17.7 Å². The maximum Gasteiger partial charge on any atom is 0.407 e. The Morgan fingerprint density at radius 3 is 2.24 bits per heavy atom. The molecule has 1 aliphatic carbocycles. The molecule has 2 aromatic rings. The Morgan fingerprint density at radius 1 is 1.04 bits per heavy atom. The summed E-state index contributed by atoms with van der Waals surface area (Å²) in [6.45, 7) is 10.5. The smallest absolute Gasteiger partial charge is 0.407 e. The monoisotopic (exact) mass is 639 g/mol. The number of thiazole rings is 1. The number of nitrogens with one attached hydrogen (secondary N) is 2. The molecule has 2 saturated heterocycles. The van der Waals surface area contributed by atoms with Gasteiger partial charge in [-0.05, 0) is 61.5 Å². The first kappa shape index (κ1) is 32.9. The van der Waals surface area contributed by atoms with Gasteiger partial charge in [0.05, 0.1) is 28.2 Å². The maximum atomic E-state index is 14.0. The summed E-state index contributed by atoms with van der Waals surface area (Å²) in [7, 11) is 0. The van der Waals surface area contributed by atoms with E-state index in [1.807, 2.05) is 64.4 Å². The Labute approximate surface area is 268 Å². The number of nitrogens with zero attached hydrogens (tertiary/aromatic N) is 3. The topological polar surface area (TPSA) is 152 Å². The number of aliphatic hydroxyl groups excluding tert-OH is 1. The first-order valence-electron chi connectivity index (χ1n) is 15.7. The Balaban J connectivity index is 1.21. The zero-order valence-electron chi connectivity index (χ0n) is 26.7. The molecular weight excluding hydrogens is 594 g/mol. The lowest BCUT2D eigenvalue weighted by Gasteiger charge is -2.51. The fourth-order valence-electron chi connectivity index (χ4n) is 7.03. The number of aromatic nitrogens is 1. The van der Waals surface area contributed by atoms with E-state index in [0.29, 0.717) is 25.9 Å². The van der Waals surface area contributed by atoms with Crippen molar-refractivity contribution >= 4 is 35.2 Å². The fourth-order valence-corrected chi connectivity index (χ4v) is 7.84. The number of carboxylic acid groups (broad SMARTS) is 1. The van der Waals surface area contributed by atoms with E-state index in [4.69, 9.17) is 0 Å². The number of rotatable bonds is 7. The Morgan fingerprint density at radius 2 is 1.69 bits per heavy atom. The van der Waals surface area contributed by atoms with Crippen molar-refractivity contribution in [3.05, 3.63) is 41.0 Å². The number of likely N-dealkylation sites (tertiary alicyclic amines) is 2. The molecule has 45 heavy (non-hydrogen) atoms. The standard InChI is InChI=1S/C33H45N5O6S/c1-19(21-6-8-22(9-7-21)26-20(2)34-18-45-26)35-29(41)25-14-24(39)17-38(25)30(42)27(32(3,4)5)36-28(40)23-15-33(16-23)10-12-37(13-11-33)31(43)44/h6-9,18-19,23-25,27,39H,10-17H2,1-5H3,(H,35,41)(H,36,40)(H,43,44)/t19-,24+,25-,27+/m0/s1.